The van der Waals surface area contributed by atoms with Gasteiger partial charge in [0.2, 0.25) is 0 Å². The van der Waals surface area contributed by atoms with Crippen molar-refractivity contribution < 1.29 is 19.1 Å². The van der Waals surface area contributed by atoms with E-state index in [2.05, 4.69) is 0 Å². The topological polar surface area (TPSA) is 73.6 Å². The van der Waals surface area contributed by atoms with Crippen LogP contribution in [0.25, 0.3) is 6.08 Å². The van der Waals surface area contributed by atoms with Crippen LogP contribution in [-0.4, -0.2) is 16.2 Å². The van der Waals surface area contributed by atoms with Crippen LogP contribution in [0.5, 0.6) is 0 Å². The Balaban J connectivity index is 1.84. The van der Waals surface area contributed by atoms with E-state index < -0.39 is 5.97 Å². The average Bonchev–Trinajstić information content (AvgIpc) is 3.16. The van der Waals surface area contributed by atoms with E-state index >= 15 is 0 Å². The summed E-state index contributed by atoms with van der Waals surface area (Å²) < 4.78 is 5.51. The Hall–Kier alpha value is -2.64. The van der Waals surface area contributed by atoms with Gasteiger partial charge in [0.15, 0.2) is 4.32 Å². The zero-order chi connectivity index (χ0) is 17.1. The number of thioether (sulfide) groups is 1. The van der Waals surface area contributed by atoms with Gasteiger partial charge in [-0.2, -0.15) is 0 Å². The molecular formula is C17H10NO4S2-. The predicted molar refractivity (Wildman–Crippen MR) is 94.3 cm³/mol. The molecule has 0 atom stereocenters. The number of carboxylic acids is 1. The number of benzene rings is 1. The van der Waals surface area contributed by atoms with Crippen molar-refractivity contribution >= 4 is 51.9 Å². The van der Waals surface area contributed by atoms with Crippen LogP contribution < -0.4 is 10.0 Å². The summed E-state index contributed by atoms with van der Waals surface area (Å²) >= 11 is 6.39. The summed E-state index contributed by atoms with van der Waals surface area (Å²) in [6.45, 7) is 0. The number of rotatable bonds is 4. The van der Waals surface area contributed by atoms with Gasteiger partial charge in [-0.3, -0.25) is 9.69 Å². The molecule has 5 nitrogen and oxygen atoms in total. The number of allylic oxidation sites excluding steroid dienone is 2. The van der Waals surface area contributed by atoms with Crippen LogP contribution in [0.15, 0.2) is 64.1 Å². The van der Waals surface area contributed by atoms with Crippen LogP contribution in [-0.2, 0) is 4.79 Å². The van der Waals surface area contributed by atoms with Crippen molar-refractivity contribution in [3.8, 4) is 0 Å². The molecule has 120 valence electrons. The van der Waals surface area contributed by atoms with Crippen molar-refractivity contribution in [1.82, 2.24) is 0 Å². The summed E-state index contributed by atoms with van der Waals surface area (Å²) in [5, 5.41) is 11.0. The highest BCUT2D eigenvalue weighted by Crippen LogP contribution is 2.35. The first kappa shape index (κ1) is 16.2. The second-order valence-corrected chi connectivity index (χ2v) is 6.43. The highest BCUT2D eigenvalue weighted by atomic mass is 32.2. The first-order chi connectivity index (χ1) is 11.6. The third-order valence-corrected chi connectivity index (χ3v) is 4.51. The highest BCUT2D eigenvalue weighted by molar-refractivity contribution is 8.27. The van der Waals surface area contributed by atoms with Crippen molar-refractivity contribution in [3.63, 3.8) is 0 Å². The average molecular weight is 356 g/mol. The Kier molecular flexibility index (Phi) is 4.64. The lowest BCUT2D eigenvalue weighted by Gasteiger charge is -2.15. The van der Waals surface area contributed by atoms with E-state index in [0.29, 0.717) is 20.7 Å². The Morgan fingerprint density at radius 2 is 2.12 bits per heavy atom. The van der Waals surface area contributed by atoms with Crippen molar-refractivity contribution in [2.45, 2.75) is 0 Å². The van der Waals surface area contributed by atoms with E-state index in [1.54, 1.807) is 48.8 Å². The minimum Gasteiger partial charge on any atom is -0.545 e. The van der Waals surface area contributed by atoms with Gasteiger partial charge in [0, 0.05) is 0 Å². The predicted octanol–water partition coefficient (Wildman–Crippen LogP) is 2.61. The third-order valence-electron chi connectivity index (χ3n) is 3.19. The largest absolute Gasteiger partial charge is 0.545 e. The number of thiocarbonyl (C=S) groups is 1. The number of hydrogen-bond donors (Lipinski definition) is 0. The summed E-state index contributed by atoms with van der Waals surface area (Å²) in [6, 6.07) is 9.49. The van der Waals surface area contributed by atoms with Crippen molar-refractivity contribution in [3.05, 3.63) is 71.0 Å². The molecule has 2 heterocycles. The Morgan fingerprint density at radius 3 is 2.83 bits per heavy atom. The van der Waals surface area contributed by atoms with Crippen LogP contribution in [0, 0.1) is 0 Å². The smallest absolute Gasteiger partial charge is 0.270 e. The Bertz CT molecular complexity index is 868. The first-order valence-corrected chi connectivity index (χ1v) is 8.08. The SMILES string of the molecule is O=C([O-])c1cccc(N2C(=O)/C(=C/C=C/c3ccco3)SC2=S)c1. The minimum atomic E-state index is -1.31. The second kappa shape index (κ2) is 6.86. The maximum absolute atomic E-state index is 12.5. The van der Waals surface area contributed by atoms with Gasteiger partial charge in [0.1, 0.15) is 5.76 Å². The molecule has 0 unspecified atom stereocenters. The van der Waals surface area contributed by atoms with Crippen LogP contribution >= 0.6 is 24.0 Å². The number of hydrogen-bond acceptors (Lipinski definition) is 6. The number of carboxylic acid groups (broad SMARTS) is 1. The molecule has 1 amide bonds. The second-order valence-electron chi connectivity index (χ2n) is 4.75. The Labute approximate surface area is 147 Å². The molecule has 2 aromatic rings. The fraction of sp³-hybridized carbons (Fsp3) is 0. The normalized spacial score (nSPS) is 16.5. The fourth-order valence-electron chi connectivity index (χ4n) is 2.09. The van der Waals surface area contributed by atoms with Crippen LogP contribution in [0.3, 0.4) is 0 Å². The molecule has 1 aromatic carbocycles. The van der Waals surface area contributed by atoms with E-state index in [-0.39, 0.29) is 11.5 Å². The zero-order valence-corrected chi connectivity index (χ0v) is 13.8. The molecule has 0 N–H and O–H groups in total. The molecular weight excluding hydrogens is 346 g/mol. The first-order valence-electron chi connectivity index (χ1n) is 6.86. The summed E-state index contributed by atoms with van der Waals surface area (Å²) in [4.78, 5) is 25.2. The van der Waals surface area contributed by atoms with Crippen molar-refractivity contribution in [1.29, 1.82) is 0 Å². The van der Waals surface area contributed by atoms with Gasteiger partial charge in [-0.25, -0.2) is 0 Å². The van der Waals surface area contributed by atoms with Gasteiger partial charge < -0.3 is 14.3 Å². The lowest BCUT2D eigenvalue weighted by atomic mass is 10.2. The van der Waals surface area contributed by atoms with Gasteiger partial charge in [-0.05, 0) is 42.0 Å². The minimum absolute atomic E-state index is 0.0109. The number of amides is 1. The molecule has 0 radical (unpaired) electrons. The molecule has 7 heteroatoms. The van der Waals surface area contributed by atoms with E-state index in [4.69, 9.17) is 16.6 Å². The van der Waals surface area contributed by atoms with Crippen LogP contribution in [0.2, 0.25) is 0 Å². The summed E-state index contributed by atoms with van der Waals surface area (Å²) in [5.41, 5.74) is 0.390. The van der Waals surface area contributed by atoms with Gasteiger partial charge in [-0.15, -0.1) is 0 Å². The summed E-state index contributed by atoms with van der Waals surface area (Å²) in [5.74, 6) is -0.938. The molecule has 1 saturated heterocycles. The molecule has 1 aliphatic rings. The third kappa shape index (κ3) is 3.32. The number of anilines is 1. The maximum atomic E-state index is 12.5. The fourth-order valence-corrected chi connectivity index (χ4v) is 3.34. The summed E-state index contributed by atoms with van der Waals surface area (Å²) in [6.07, 6.45) is 6.62. The monoisotopic (exact) mass is 356 g/mol. The van der Waals surface area contributed by atoms with E-state index in [9.17, 15) is 14.7 Å². The van der Waals surface area contributed by atoms with E-state index in [1.165, 1.54) is 17.0 Å². The molecule has 1 aromatic heterocycles. The van der Waals surface area contributed by atoms with Gasteiger partial charge in [0.25, 0.3) is 5.91 Å². The number of aromatic carboxylic acids is 1. The molecule has 1 aliphatic heterocycles. The molecule has 0 aliphatic carbocycles. The maximum Gasteiger partial charge on any atom is 0.270 e. The molecule has 3 rings (SSSR count). The molecule has 24 heavy (non-hydrogen) atoms. The number of carbonyl (C=O) groups excluding carboxylic acids is 2. The number of furan rings is 1. The van der Waals surface area contributed by atoms with Crippen LogP contribution in [0.4, 0.5) is 5.69 Å². The highest BCUT2D eigenvalue weighted by Gasteiger charge is 2.32. The quantitative estimate of drug-likeness (QED) is 0.619. The molecule has 1 fully saturated rings. The molecule has 0 saturated carbocycles. The van der Waals surface area contributed by atoms with Crippen molar-refractivity contribution in [2.24, 2.45) is 0 Å². The lowest BCUT2D eigenvalue weighted by Crippen LogP contribution is -2.28. The van der Waals surface area contributed by atoms with Crippen molar-refractivity contribution in [2.75, 3.05) is 4.90 Å². The van der Waals surface area contributed by atoms with E-state index in [1.807, 2.05) is 0 Å². The van der Waals surface area contributed by atoms with Crippen LogP contribution in [0.1, 0.15) is 16.1 Å². The van der Waals surface area contributed by atoms with Gasteiger partial charge in [0.05, 0.1) is 22.8 Å². The molecule has 0 spiro atoms. The van der Waals surface area contributed by atoms with Gasteiger partial charge in [-0.1, -0.05) is 42.2 Å². The summed E-state index contributed by atoms with van der Waals surface area (Å²) in [7, 11) is 0. The number of carbonyl (C=O) groups is 2. The standard InChI is InChI=1S/C17H11NO4S2/c19-15-14(8-2-6-13-7-3-9-22-13)24-17(23)18(15)12-5-1-4-11(10-12)16(20)21/h1-10H,(H,20,21)/p-1/b6-2+,14-8-. The Morgan fingerprint density at radius 1 is 1.29 bits per heavy atom. The van der Waals surface area contributed by atoms with E-state index in [0.717, 1.165) is 11.8 Å². The molecule has 0 bridgehead atoms. The van der Waals surface area contributed by atoms with Gasteiger partial charge >= 0.3 is 0 Å². The number of nitrogens with zero attached hydrogens (tertiary/aromatic N) is 1. The lowest BCUT2D eigenvalue weighted by molar-refractivity contribution is -0.255. The zero-order valence-electron chi connectivity index (χ0n) is 12.2.